The van der Waals surface area contributed by atoms with Crippen LogP contribution in [0.15, 0.2) is 84.9 Å². The molecular weight excluding hydrogens is 590 g/mol. The minimum absolute atomic E-state index is 1.30. The first-order valence-electron chi connectivity index (χ1n) is 10.0. The fourth-order valence-electron chi connectivity index (χ4n) is 5.27. The molecule has 0 radical (unpaired) electrons. The molecule has 0 aromatic heterocycles. The van der Waals surface area contributed by atoms with E-state index in [9.17, 15) is 0 Å². The van der Waals surface area contributed by atoms with Crippen LogP contribution in [0.3, 0.4) is 0 Å². The van der Waals surface area contributed by atoms with E-state index in [1.165, 1.54) is 71.8 Å². The van der Waals surface area contributed by atoms with Crippen LogP contribution < -0.4 is 0 Å². The Morgan fingerprint density at radius 1 is 0.400 bits per heavy atom. The summed E-state index contributed by atoms with van der Waals surface area (Å²) in [6, 6.07) is 31.7. The Labute approximate surface area is 200 Å². The highest BCUT2D eigenvalue weighted by Gasteiger charge is 2.18. The molecule has 0 nitrogen and oxygen atoms in total. The van der Waals surface area contributed by atoms with Crippen LogP contribution in [-0.2, 0) is 0 Å². The molecule has 0 aliphatic heterocycles. The van der Waals surface area contributed by atoms with Gasteiger partial charge in [0.25, 0.3) is 0 Å². The highest BCUT2D eigenvalue weighted by atomic mass is 127. The molecule has 0 spiro atoms. The minimum Gasteiger partial charge on any atom is -0.0616 e. The zero-order chi connectivity index (χ0) is 20.0. The van der Waals surface area contributed by atoms with Gasteiger partial charge in [0.15, 0.2) is 0 Å². The van der Waals surface area contributed by atoms with Crippen LogP contribution >= 0.6 is 45.2 Å². The smallest absolute Gasteiger partial charge is 0.0342 e. The van der Waals surface area contributed by atoms with Gasteiger partial charge < -0.3 is 0 Å². The molecule has 0 amide bonds. The maximum atomic E-state index is 2.50. The fraction of sp³-hybridized carbons (Fsp3) is 0. The predicted molar refractivity (Wildman–Crippen MR) is 148 cm³/mol. The monoisotopic (exact) mass is 604 g/mol. The highest BCUT2D eigenvalue weighted by Crippen LogP contribution is 2.45. The Balaban J connectivity index is 1.91. The summed E-state index contributed by atoms with van der Waals surface area (Å²) in [6.07, 6.45) is 0. The van der Waals surface area contributed by atoms with Crippen LogP contribution in [0.25, 0.3) is 64.6 Å². The Kier molecular flexibility index (Phi) is 3.60. The number of fused-ring (bicyclic) bond motifs is 6. The lowest BCUT2D eigenvalue weighted by Gasteiger charge is -2.18. The number of halogens is 2. The van der Waals surface area contributed by atoms with Crippen molar-refractivity contribution in [2.24, 2.45) is 0 Å². The van der Waals surface area contributed by atoms with Crippen molar-refractivity contribution in [1.82, 2.24) is 0 Å². The average Bonchev–Trinajstić information content (AvgIpc) is 2.79. The van der Waals surface area contributed by atoms with Crippen molar-refractivity contribution < 1.29 is 0 Å². The second-order valence-corrected chi connectivity index (χ2v) is 10.2. The molecule has 0 saturated heterocycles. The first kappa shape index (κ1) is 17.5. The van der Waals surface area contributed by atoms with E-state index in [1.54, 1.807) is 0 Å². The summed E-state index contributed by atoms with van der Waals surface area (Å²) in [5.41, 5.74) is 0. The largest absolute Gasteiger partial charge is 0.0616 e. The molecule has 0 N–H and O–H groups in total. The third-order valence-corrected chi connectivity index (χ3v) is 9.54. The van der Waals surface area contributed by atoms with Gasteiger partial charge in [-0.15, -0.1) is 0 Å². The van der Waals surface area contributed by atoms with Crippen LogP contribution in [0.2, 0.25) is 0 Å². The Bertz CT molecular complexity index is 1810. The number of benzene rings is 7. The van der Waals surface area contributed by atoms with Gasteiger partial charge in [0.05, 0.1) is 0 Å². The quantitative estimate of drug-likeness (QED) is 0.0920. The SMILES string of the molecule is Ic1cc2c3cccc4cc5c6ccccc6ccc5c(c5cccc(c1I)c25)c43. The molecule has 0 atom stereocenters. The van der Waals surface area contributed by atoms with Gasteiger partial charge in [0.2, 0.25) is 0 Å². The highest BCUT2D eigenvalue weighted by molar-refractivity contribution is 14.1. The molecule has 0 aliphatic rings. The van der Waals surface area contributed by atoms with E-state index in [1.807, 2.05) is 0 Å². The van der Waals surface area contributed by atoms with E-state index in [0.29, 0.717) is 0 Å². The van der Waals surface area contributed by atoms with Gasteiger partial charge in [-0.25, -0.2) is 0 Å². The molecule has 7 aromatic rings. The van der Waals surface area contributed by atoms with Gasteiger partial charge in [0.1, 0.15) is 0 Å². The van der Waals surface area contributed by atoms with E-state index in [-0.39, 0.29) is 0 Å². The lowest BCUT2D eigenvalue weighted by Crippen LogP contribution is -1.92. The number of rotatable bonds is 0. The van der Waals surface area contributed by atoms with Crippen molar-refractivity contribution in [1.29, 1.82) is 0 Å². The third kappa shape index (κ3) is 2.16. The van der Waals surface area contributed by atoms with Crippen LogP contribution in [0, 0.1) is 7.14 Å². The molecule has 0 bridgehead atoms. The van der Waals surface area contributed by atoms with Crippen LogP contribution in [0.5, 0.6) is 0 Å². The normalized spacial score (nSPS) is 12.3. The van der Waals surface area contributed by atoms with Gasteiger partial charge in [-0.3, -0.25) is 0 Å². The Hall–Kier alpha value is -2.18. The van der Waals surface area contributed by atoms with Crippen molar-refractivity contribution in [3.8, 4) is 0 Å². The van der Waals surface area contributed by atoms with Gasteiger partial charge in [0, 0.05) is 7.14 Å². The van der Waals surface area contributed by atoms with Crippen molar-refractivity contribution in [2.45, 2.75) is 0 Å². The lowest BCUT2D eigenvalue weighted by molar-refractivity contribution is 1.69. The molecule has 0 heterocycles. The summed E-state index contributed by atoms with van der Waals surface area (Å²) in [7, 11) is 0. The summed E-state index contributed by atoms with van der Waals surface area (Å²) < 4.78 is 2.66. The van der Waals surface area contributed by atoms with Gasteiger partial charge >= 0.3 is 0 Å². The summed E-state index contributed by atoms with van der Waals surface area (Å²) in [6.45, 7) is 0. The molecule has 7 aromatic carbocycles. The maximum Gasteiger partial charge on any atom is 0.0342 e. The molecule has 140 valence electrons. The van der Waals surface area contributed by atoms with Crippen molar-refractivity contribution in [3.63, 3.8) is 0 Å². The van der Waals surface area contributed by atoms with Gasteiger partial charge in [-0.1, -0.05) is 72.8 Å². The first-order chi connectivity index (χ1) is 14.7. The minimum atomic E-state index is 1.30. The Morgan fingerprint density at radius 2 is 1.10 bits per heavy atom. The third-order valence-electron chi connectivity index (χ3n) is 6.50. The van der Waals surface area contributed by atoms with E-state index < -0.39 is 0 Å². The van der Waals surface area contributed by atoms with Crippen molar-refractivity contribution in [2.75, 3.05) is 0 Å². The first-order valence-corrected chi connectivity index (χ1v) is 12.2. The standard InChI is InChI=1S/C28H14I2/c29-24-14-23-18-8-3-6-16-13-22-17-7-2-1-5-15(17)11-12-19(22)27(25(16)18)20-9-4-10-21(26(20)23)28(24)30/h1-14H. The summed E-state index contributed by atoms with van der Waals surface area (Å²) in [4.78, 5) is 0. The Morgan fingerprint density at radius 3 is 2.03 bits per heavy atom. The van der Waals surface area contributed by atoms with Crippen LogP contribution in [0.4, 0.5) is 0 Å². The van der Waals surface area contributed by atoms with Crippen LogP contribution in [-0.4, -0.2) is 0 Å². The van der Waals surface area contributed by atoms with E-state index in [0.717, 1.165) is 0 Å². The summed E-state index contributed by atoms with van der Waals surface area (Å²) in [5.74, 6) is 0. The second kappa shape index (κ2) is 6.17. The summed E-state index contributed by atoms with van der Waals surface area (Å²) >= 11 is 4.99. The molecule has 0 unspecified atom stereocenters. The molecule has 7 rings (SSSR count). The van der Waals surface area contributed by atoms with E-state index >= 15 is 0 Å². The fourth-order valence-corrected chi connectivity index (χ4v) is 6.48. The van der Waals surface area contributed by atoms with Crippen LogP contribution in [0.1, 0.15) is 0 Å². The molecule has 0 fully saturated rings. The van der Waals surface area contributed by atoms with Gasteiger partial charge in [-0.2, -0.15) is 0 Å². The molecule has 2 heteroatoms. The lowest BCUT2D eigenvalue weighted by atomic mass is 9.86. The maximum absolute atomic E-state index is 2.50. The zero-order valence-corrected chi connectivity index (χ0v) is 20.2. The van der Waals surface area contributed by atoms with Crippen molar-refractivity contribution >= 4 is 110 Å². The second-order valence-electron chi connectivity index (χ2n) is 7.99. The van der Waals surface area contributed by atoms with Crippen molar-refractivity contribution in [3.05, 3.63) is 92.1 Å². The van der Waals surface area contributed by atoms with Gasteiger partial charge in [-0.05, 0) is 122 Å². The number of hydrogen-bond acceptors (Lipinski definition) is 0. The zero-order valence-electron chi connectivity index (χ0n) is 15.8. The summed E-state index contributed by atoms with van der Waals surface area (Å²) in [5, 5.41) is 16.2. The average molecular weight is 604 g/mol. The van der Waals surface area contributed by atoms with E-state index in [4.69, 9.17) is 0 Å². The predicted octanol–water partition coefficient (Wildman–Crippen LogP) is 9.25. The molecular formula is C28H14I2. The topological polar surface area (TPSA) is 0 Å². The molecule has 0 saturated carbocycles. The molecule has 0 aliphatic carbocycles. The molecule has 30 heavy (non-hydrogen) atoms. The number of hydrogen-bond donors (Lipinski definition) is 0. The van der Waals surface area contributed by atoms with E-state index in [2.05, 4.69) is 130 Å².